The fourth-order valence-corrected chi connectivity index (χ4v) is 19.3. The molecule has 3 saturated heterocycles. The molecule has 4 aliphatic heterocycles. The first-order valence-electron chi connectivity index (χ1n) is 42.0. The number of aliphatic carboxylic acids is 1. The van der Waals surface area contributed by atoms with Crippen LogP contribution >= 0.6 is 0 Å². The lowest BCUT2D eigenvalue weighted by Gasteiger charge is -2.33. The third kappa shape index (κ3) is 27.9. The molecule has 7 fully saturated rings. The van der Waals surface area contributed by atoms with Gasteiger partial charge in [0.25, 0.3) is 0 Å². The monoisotopic (exact) mass is 1700 g/mol. The number of carbonyl (C=O) groups is 11. The van der Waals surface area contributed by atoms with E-state index in [1.54, 1.807) is 89.3 Å². The smallest absolute Gasteiger partial charge is 0.326 e. The van der Waals surface area contributed by atoms with Crippen LogP contribution in [0.1, 0.15) is 243 Å². The Balaban J connectivity index is 0.000000281. The molecule has 4 saturated carbocycles. The number of likely N-dealkylation sites (tertiary alicyclic amines) is 2. The Kier molecular flexibility index (Phi) is 35.9. The van der Waals surface area contributed by atoms with Crippen molar-refractivity contribution < 1.29 is 118 Å². The van der Waals surface area contributed by atoms with E-state index in [0.717, 1.165) is 51.4 Å². The number of Topliss-reactive ketones (excluding diaryl/α,β-unsaturated/α-hetero) is 2. The van der Waals surface area contributed by atoms with Gasteiger partial charge in [0.1, 0.15) is 22.8 Å². The summed E-state index contributed by atoms with van der Waals surface area (Å²) in [6.07, 6.45) is 16.6. The predicted octanol–water partition coefficient (Wildman–Crippen LogP) is 8.50. The van der Waals surface area contributed by atoms with E-state index in [2.05, 4.69) is 29.2 Å². The highest BCUT2D eigenvalue weighted by atomic mass is 32.2. The van der Waals surface area contributed by atoms with Crippen molar-refractivity contribution in [1.82, 2.24) is 24.1 Å². The molecule has 0 aromatic heterocycles. The number of aliphatic hydroxyl groups excluding tert-OH is 3. The number of ether oxygens (including phenoxy) is 6. The van der Waals surface area contributed by atoms with Crippen molar-refractivity contribution in [3.05, 3.63) is 50.1 Å². The van der Waals surface area contributed by atoms with Crippen LogP contribution in [0.3, 0.4) is 0 Å². The highest BCUT2D eigenvalue weighted by Gasteiger charge is 2.65. The number of β-amino-alcohol motifs (C(OH)–C–C–N with tert-alkyl or cyclic N) is 2. The highest BCUT2D eigenvalue weighted by molar-refractivity contribution is 7.92. The van der Waals surface area contributed by atoms with Crippen LogP contribution in [-0.2, 0) is 101 Å². The van der Waals surface area contributed by atoms with Gasteiger partial charge >= 0.3 is 23.9 Å². The summed E-state index contributed by atoms with van der Waals surface area (Å²) in [5.74, 6) is -10.5. The molecule has 0 unspecified atom stereocenters. The number of carboxylic acid groups (broad SMARTS) is 1. The van der Waals surface area contributed by atoms with Crippen molar-refractivity contribution in [2.24, 2.45) is 58.2 Å². The van der Waals surface area contributed by atoms with Gasteiger partial charge in [0, 0.05) is 92.9 Å². The van der Waals surface area contributed by atoms with E-state index < -0.39 is 182 Å². The normalized spacial score (nSPS) is 27.9. The molecule has 30 nitrogen and oxygen atoms in total. The molecule has 118 heavy (non-hydrogen) atoms. The predicted molar refractivity (Wildman–Crippen MR) is 439 cm³/mol. The average Bonchev–Trinajstić information content (AvgIpc) is 1.57. The maximum Gasteiger partial charge on any atom is 0.326 e. The summed E-state index contributed by atoms with van der Waals surface area (Å²) in [6, 6.07) is -3.13. The molecule has 5 amide bonds. The molecule has 0 radical (unpaired) electrons. The molecular formula is C86H137N5O25S2. The number of hydrogen-bond acceptors (Lipinski definition) is 24. The topological polar surface area (TPSA) is 426 Å². The fourth-order valence-electron chi connectivity index (χ4n) is 16.6. The lowest BCUT2D eigenvalue weighted by Crippen LogP contribution is -2.48. The molecule has 0 aromatic carbocycles. The van der Waals surface area contributed by atoms with Crippen LogP contribution in [0.25, 0.3) is 0 Å². The maximum absolute atomic E-state index is 14.3. The highest BCUT2D eigenvalue weighted by Crippen LogP contribution is 2.59. The number of fused-ring (bicyclic) bond motifs is 2. The number of carboxylic acids is 1. The molecule has 8 aliphatic rings. The molecule has 0 aromatic rings. The van der Waals surface area contributed by atoms with Gasteiger partial charge in [0.15, 0.2) is 11.6 Å². The Labute approximate surface area is 699 Å². The second-order valence-electron chi connectivity index (χ2n) is 37.4. The number of carbonyl (C=O) groups excluding carboxylic acids is 10. The molecule has 0 spiro atoms. The zero-order chi connectivity index (χ0) is 88.5. The van der Waals surface area contributed by atoms with Crippen LogP contribution in [0.5, 0.6) is 0 Å². The Morgan fingerprint density at radius 2 is 1.08 bits per heavy atom. The number of sulfonamides is 2. The van der Waals surface area contributed by atoms with Crippen molar-refractivity contribution in [2.75, 3.05) is 60.8 Å². The first-order valence-corrected chi connectivity index (χ1v) is 44.9. The van der Waals surface area contributed by atoms with Gasteiger partial charge in [-0.25, -0.2) is 21.6 Å². The first kappa shape index (κ1) is 100. The third-order valence-corrected chi connectivity index (χ3v) is 28.4. The van der Waals surface area contributed by atoms with E-state index in [1.165, 1.54) is 28.9 Å². The zero-order valence-corrected chi connectivity index (χ0v) is 73.9. The van der Waals surface area contributed by atoms with Crippen LogP contribution in [0, 0.1) is 58.2 Å². The Bertz CT molecular complexity index is 3830. The molecule has 4 heterocycles. The number of hydrogen-bond donors (Lipinski definition) is 6. The number of allylic oxidation sites excluding steroid dienone is 5. The Morgan fingerprint density at radius 3 is 1.53 bits per heavy atom. The maximum atomic E-state index is 14.3. The summed E-state index contributed by atoms with van der Waals surface area (Å²) in [4.78, 5) is 151. The number of aliphatic hydroxyl groups is 3. The van der Waals surface area contributed by atoms with Crippen molar-refractivity contribution >= 4 is 85.0 Å². The van der Waals surface area contributed by atoms with E-state index >= 15 is 0 Å². The number of methoxy groups -OCH3 is 3. The summed E-state index contributed by atoms with van der Waals surface area (Å²) >= 11 is 0. The van der Waals surface area contributed by atoms with Gasteiger partial charge in [-0.3, -0.25) is 57.4 Å². The number of unbranched alkanes of at least 4 members (excludes halogenated alkanes) is 4. The van der Waals surface area contributed by atoms with Gasteiger partial charge < -0.3 is 63.5 Å². The molecule has 668 valence electrons. The summed E-state index contributed by atoms with van der Waals surface area (Å²) in [7, 11) is -3.23. The first-order chi connectivity index (χ1) is 54.9. The van der Waals surface area contributed by atoms with Gasteiger partial charge in [-0.2, -0.15) is 0 Å². The molecule has 32 heteroatoms. The number of nitrogens with zero attached hydrogens (tertiary/aromatic N) is 3. The largest absolute Gasteiger partial charge is 0.480 e. The summed E-state index contributed by atoms with van der Waals surface area (Å²) in [6.45, 7) is 30.6. The van der Waals surface area contributed by atoms with E-state index in [1.807, 2.05) is 24.3 Å². The minimum absolute atomic E-state index is 0.00719. The van der Waals surface area contributed by atoms with Gasteiger partial charge in [0.05, 0.1) is 87.7 Å². The van der Waals surface area contributed by atoms with Gasteiger partial charge in [-0.15, -0.1) is 19.7 Å². The van der Waals surface area contributed by atoms with Crippen molar-refractivity contribution in [2.45, 2.75) is 306 Å². The van der Waals surface area contributed by atoms with E-state index in [9.17, 15) is 90.0 Å². The van der Waals surface area contributed by atoms with Crippen LogP contribution in [0.2, 0.25) is 0 Å². The standard InChI is InChI=1S/C33H52N2O9S.C31H48N2O9S.C22H37NO7/c1-8-10-11-12-13-22(21-43-7)25(17-28(38)44-31(3,4)5)29(39)35-20-24(36)16-26(35)27(37)19-33(18-23(33)9-2)30(40)34-45(41,42)32(6)14-15-32;1-29(2,3)42-26(36)15-23-20(19-41-5)10-8-6-7-9-11-21-16-31(21,28(38)32-43(39,40)30(4)12-13-30)17-25(35)24-14-22(34)18-33(24)27(23)37;1-6-7-8-9-10-15(14-29-5)17(12-19(25)30-22(2,3)4)20(26)23-13-16(24)11-18(23)21(27)28/h8-9,22-26,36H,1-2,10-21H2,3-7H3,(H,34,40);9,11,20-24,34H,6-8,10,12-19H2,1-5H3,(H,32,38);6,15-18,24H,1,7-14H2,2-5H3,(H,27,28)/b;11-9-;/t22-,23+,24+,25-,26-,33+;20-,21+,22+,23-,24-,31+;15-,16+,17-,18-/m000/s1. The lowest BCUT2D eigenvalue weighted by molar-refractivity contribution is -0.161. The van der Waals surface area contributed by atoms with Gasteiger partial charge in [-0.05, 0) is 202 Å². The fraction of sp³-hybridized carbons (Fsp3) is 0.779. The van der Waals surface area contributed by atoms with Crippen molar-refractivity contribution in [3.8, 4) is 0 Å². The van der Waals surface area contributed by atoms with E-state index in [4.69, 9.17) is 28.4 Å². The van der Waals surface area contributed by atoms with Crippen LogP contribution in [-0.4, -0.2) is 240 Å². The molecular weight excluding hydrogens is 1570 g/mol. The quantitative estimate of drug-likeness (QED) is 0.0147. The van der Waals surface area contributed by atoms with E-state index in [-0.39, 0.29) is 121 Å². The zero-order valence-electron chi connectivity index (χ0n) is 72.2. The van der Waals surface area contributed by atoms with E-state index in [0.29, 0.717) is 57.8 Å². The number of esters is 3. The van der Waals surface area contributed by atoms with Crippen LogP contribution < -0.4 is 9.44 Å². The Morgan fingerprint density at radius 1 is 0.619 bits per heavy atom. The lowest BCUT2D eigenvalue weighted by atomic mass is 9.84. The van der Waals surface area contributed by atoms with Gasteiger partial charge in [0.2, 0.25) is 49.6 Å². The molecule has 4 aliphatic carbocycles. The Hall–Kier alpha value is -6.81. The number of ketones is 2. The van der Waals surface area contributed by atoms with Crippen LogP contribution in [0.15, 0.2) is 50.1 Å². The van der Waals surface area contributed by atoms with Crippen LogP contribution in [0.4, 0.5) is 0 Å². The number of rotatable bonds is 37. The summed E-state index contributed by atoms with van der Waals surface area (Å²) in [5.41, 5.74) is -4.73. The third-order valence-electron chi connectivity index (χ3n) is 24.1. The average molecular weight is 1710 g/mol. The molecule has 8 rings (SSSR count). The second-order valence-corrected chi connectivity index (χ2v) is 41.8. The van der Waals surface area contributed by atoms with Crippen molar-refractivity contribution in [3.63, 3.8) is 0 Å². The summed E-state index contributed by atoms with van der Waals surface area (Å²) in [5, 5.41) is 40.7. The molecule has 16 atom stereocenters. The SMILES string of the molecule is C=CCCCC[C@@H](COC)[C@H](CC(=O)OC(C)(C)C)C(=O)N1C[C@H](O)C[C@H]1C(=O)C[C@]1(C(=O)NS(=O)(=O)C2(C)CC2)C[C@H]1C=C.C=CCCCC[C@@H](COC)[C@H](CC(=O)OC(C)(C)C)C(=O)N1C[C@H](O)C[C@H]1C(=O)O.COC[C@@H]1CCCC/C=C\[C@@H]2C[C@@]2(C(=O)NS(=O)(=O)C2(C)CC2)CC(=O)[C@@H]2C[C@@H](O)CN2C(=O)[C@H]1CC(=O)OC(C)(C)C. The van der Waals surface area contributed by atoms with Gasteiger partial charge in [-0.1, -0.05) is 49.6 Å². The minimum Gasteiger partial charge on any atom is -0.480 e. The number of amides is 5. The second kappa shape index (κ2) is 42.3. The molecule has 0 bridgehead atoms. The van der Waals surface area contributed by atoms with Crippen molar-refractivity contribution in [1.29, 1.82) is 0 Å². The molecule has 6 N–H and O–H groups in total. The number of nitrogens with one attached hydrogen (secondary N) is 2. The minimum atomic E-state index is -3.92. The summed E-state index contributed by atoms with van der Waals surface area (Å²) < 4.78 is 86.7.